The van der Waals surface area contributed by atoms with Crippen molar-refractivity contribution in [3.8, 4) is 0 Å². The van der Waals surface area contributed by atoms with Crippen LogP contribution in [0, 0.1) is 41.3 Å². The van der Waals surface area contributed by atoms with Crippen molar-refractivity contribution < 1.29 is 205 Å². The second-order valence-corrected chi connectivity index (χ2v) is 0. The fourth-order valence-corrected chi connectivity index (χ4v) is 0. The third-order valence-electron chi connectivity index (χ3n) is 0. The van der Waals surface area contributed by atoms with Crippen LogP contribution >= 0.6 is 0 Å². The molecule has 0 saturated heterocycles. The molecule has 0 fully saturated rings. The van der Waals surface area contributed by atoms with E-state index in [2.05, 4.69) is 0 Å². The summed E-state index contributed by atoms with van der Waals surface area (Å²) in [4.78, 5) is 0. The van der Waals surface area contributed by atoms with E-state index < -0.39 is 0 Å². The summed E-state index contributed by atoms with van der Waals surface area (Å²) in [7, 11) is 0. The van der Waals surface area contributed by atoms with Crippen LogP contribution in [0.15, 0.2) is 0 Å². The van der Waals surface area contributed by atoms with Crippen molar-refractivity contribution in [1.82, 2.24) is 0 Å². The van der Waals surface area contributed by atoms with Crippen molar-refractivity contribution >= 4 is 0 Å². The van der Waals surface area contributed by atoms with Crippen molar-refractivity contribution in [2.75, 3.05) is 0 Å². The molecule has 0 atom stereocenters. The van der Waals surface area contributed by atoms with Crippen molar-refractivity contribution in [3.05, 3.63) is 0 Å². The molecule has 0 aromatic carbocycles. The van der Waals surface area contributed by atoms with Crippen LogP contribution in [0.3, 0.4) is 0 Å². The summed E-state index contributed by atoms with van der Waals surface area (Å²) >= 11 is 0. The Labute approximate surface area is 199 Å². The van der Waals surface area contributed by atoms with E-state index in [-0.39, 0.29) is 205 Å². The Morgan fingerprint density at radius 2 is 0.286 bits per heavy atom. The maximum atomic E-state index is 0. The Balaban J connectivity index is 0. The van der Waals surface area contributed by atoms with Gasteiger partial charge in [0.05, 0.1) is 0 Å². The number of rotatable bonds is 0. The molecule has 0 unspecified atom stereocenters. The Morgan fingerprint density at radius 1 is 0.286 bits per heavy atom. The van der Waals surface area contributed by atoms with E-state index in [1.807, 2.05) is 0 Å². The molecule has 0 aliphatic heterocycles. The molecular formula is Cd6Pr. The van der Waals surface area contributed by atoms with Gasteiger partial charge in [-0.15, -0.1) is 0 Å². The third-order valence-corrected chi connectivity index (χ3v) is 0. The molecule has 15 valence electrons. The Bertz CT molecular complexity index is 4.14. The van der Waals surface area contributed by atoms with Gasteiger partial charge in [0.25, 0.3) is 0 Å². The first-order valence-corrected chi connectivity index (χ1v) is 0. The van der Waals surface area contributed by atoms with Crippen molar-refractivity contribution in [1.29, 1.82) is 0 Å². The van der Waals surface area contributed by atoms with E-state index in [0.29, 0.717) is 0 Å². The molecule has 0 nitrogen and oxygen atoms in total. The predicted octanol–water partition coefficient (Wildman–Crippen LogP) is -0.0150. The summed E-state index contributed by atoms with van der Waals surface area (Å²) in [5.41, 5.74) is 0. The summed E-state index contributed by atoms with van der Waals surface area (Å²) in [6.07, 6.45) is 0. The summed E-state index contributed by atoms with van der Waals surface area (Å²) in [5, 5.41) is 0. The summed E-state index contributed by atoms with van der Waals surface area (Å²) < 4.78 is 0. The molecule has 0 bridgehead atoms. The van der Waals surface area contributed by atoms with Gasteiger partial charge in [-0.2, -0.15) is 0 Å². The quantitative estimate of drug-likeness (QED) is 0.303. The Morgan fingerprint density at radius 3 is 0.286 bits per heavy atom. The average Bonchev–Trinajstić information content (AvgIpc) is 0. The molecule has 7 heteroatoms. The Kier molecular flexibility index (Phi) is 266. The standard InChI is InChI=1S/6Cd.Pr. The fraction of sp³-hybridized carbons (Fsp3) is 0. The average molecular weight is 815 g/mol. The zero-order chi connectivity index (χ0) is 0. The van der Waals surface area contributed by atoms with E-state index >= 15 is 0 Å². The van der Waals surface area contributed by atoms with Gasteiger partial charge < -0.3 is 0 Å². The van der Waals surface area contributed by atoms with Crippen LogP contribution in [0.25, 0.3) is 0 Å². The third kappa shape index (κ3) is 32.2. The molecule has 0 aromatic heterocycles. The van der Waals surface area contributed by atoms with Gasteiger partial charge in [-0.1, -0.05) is 0 Å². The molecule has 0 amide bonds. The second-order valence-electron chi connectivity index (χ2n) is 0. The maximum absolute atomic E-state index is 0. The van der Waals surface area contributed by atoms with E-state index in [1.54, 1.807) is 0 Å². The van der Waals surface area contributed by atoms with Gasteiger partial charge in [0.15, 0.2) is 0 Å². The van der Waals surface area contributed by atoms with E-state index in [9.17, 15) is 0 Å². The van der Waals surface area contributed by atoms with Gasteiger partial charge in [-0.25, -0.2) is 0 Å². The van der Waals surface area contributed by atoms with E-state index in [0.717, 1.165) is 0 Å². The summed E-state index contributed by atoms with van der Waals surface area (Å²) in [5.74, 6) is 0. The molecule has 0 N–H and O–H groups in total. The van der Waals surface area contributed by atoms with Crippen LogP contribution in [0.4, 0.5) is 0 Å². The van der Waals surface area contributed by atoms with Gasteiger partial charge >= 0.3 is 0 Å². The molecule has 0 heterocycles. The SMILES string of the molecule is [Cd].[Cd].[Cd].[Cd].[Cd].[Cd].[Pr]. The minimum Gasteiger partial charge on any atom is 0 e. The normalized spacial score (nSPS) is 0. The molecule has 0 spiro atoms. The van der Waals surface area contributed by atoms with Crippen molar-refractivity contribution in [3.63, 3.8) is 0 Å². The fourth-order valence-electron chi connectivity index (χ4n) is 0. The smallest absolute Gasteiger partial charge is 0 e. The minimum absolute atomic E-state index is 0. The molecule has 0 rings (SSSR count). The first-order valence-electron chi connectivity index (χ1n) is 0. The first-order chi connectivity index (χ1) is 0. The minimum atomic E-state index is 0. The first kappa shape index (κ1) is 48.6. The molecular weight excluding hydrogens is 815 g/mol. The summed E-state index contributed by atoms with van der Waals surface area (Å²) in [6.45, 7) is 0. The molecule has 0 aromatic rings. The molecule has 0 saturated carbocycles. The van der Waals surface area contributed by atoms with Gasteiger partial charge in [0.1, 0.15) is 0 Å². The van der Waals surface area contributed by atoms with E-state index in [4.69, 9.17) is 0 Å². The maximum Gasteiger partial charge on any atom is 0 e. The molecule has 0 aliphatic carbocycles. The predicted molar refractivity (Wildman–Crippen MR) is 0 cm³/mol. The summed E-state index contributed by atoms with van der Waals surface area (Å²) in [6, 6.07) is 0. The zero-order valence-electron chi connectivity index (χ0n) is 4.82. The van der Waals surface area contributed by atoms with Gasteiger partial charge in [0, 0.05) is 205 Å². The van der Waals surface area contributed by atoms with E-state index in [1.165, 1.54) is 0 Å². The topological polar surface area (TPSA) is 0 Å². The van der Waals surface area contributed by atoms with Gasteiger partial charge in [-0.3, -0.25) is 0 Å². The largest absolute Gasteiger partial charge is 0 e. The van der Waals surface area contributed by atoms with Crippen LogP contribution in [-0.4, -0.2) is 0 Å². The Hall–Kier alpha value is 6.90. The van der Waals surface area contributed by atoms with Crippen LogP contribution in [-0.2, 0) is 164 Å². The van der Waals surface area contributed by atoms with Gasteiger partial charge in [0.2, 0.25) is 0 Å². The van der Waals surface area contributed by atoms with Crippen molar-refractivity contribution in [2.24, 2.45) is 0 Å². The van der Waals surface area contributed by atoms with Gasteiger partial charge in [-0.05, 0) is 0 Å². The second kappa shape index (κ2) is 38.4. The number of hydrogen-bond donors (Lipinski definition) is 0. The van der Waals surface area contributed by atoms with Crippen molar-refractivity contribution in [2.45, 2.75) is 0 Å². The van der Waals surface area contributed by atoms with Crippen LogP contribution in [0.5, 0.6) is 0 Å². The number of hydrogen-bond acceptors (Lipinski definition) is 0. The van der Waals surface area contributed by atoms with Crippen LogP contribution < -0.4 is 0 Å². The van der Waals surface area contributed by atoms with Crippen LogP contribution in [0.2, 0.25) is 0 Å². The molecule has 0 aliphatic rings. The monoisotopic (exact) mass is 824 g/mol. The molecule has 1 radical (unpaired) electrons. The molecule has 7 heavy (non-hydrogen) atoms. The van der Waals surface area contributed by atoms with Crippen LogP contribution in [0.1, 0.15) is 0 Å². The zero-order valence-corrected chi connectivity index (χ0v) is 32.7.